The van der Waals surface area contributed by atoms with Crippen LogP contribution < -0.4 is 11.2 Å². The Morgan fingerprint density at radius 3 is 2.78 bits per heavy atom. The zero-order valence-corrected chi connectivity index (χ0v) is 11.9. The number of nitrogens with zero attached hydrogens (tertiary/aromatic N) is 4. The Morgan fingerprint density at radius 2 is 2.04 bits per heavy atom. The van der Waals surface area contributed by atoms with Gasteiger partial charge < -0.3 is 4.52 Å². The third kappa shape index (κ3) is 3.24. The molecule has 0 atom stereocenters. The molecule has 1 N–H and O–H groups in total. The number of aromatic amines is 1. The summed E-state index contributed by atoms with van der Waals surface area (Å²) < 4.78 is 6.24. The fourth-order valence-electron chi connectivity index (χ4n) is 2.06. The van der Waals surface area contributed by atoms with Crippen LogP contribution in [0, 0.1) is 11.3 Å². The molecule has 8 heteroatoms. The van der Waals surface area contributed by atoms with E-state index in [-0.39, 0.29) is 18.0 Å². The highest BCUT2D eigenvalue weighted by Gasteiger charge is 2.10. The molecule has 0 spiro atoms. The maximum absolute atomic E-state index is 11.7. The molecule has 0 saturated heterocycles. The van der Waals surface area contributed by atoms with Crippen LogP contribution in [-0.4, -0.2) is 19.7 Å². The Bertz CT molecular complexity index is 979. The van der Waals surface area contributed by atoms with Crippen molar-refractivity contribution in [3.8, 4) is 6.07 Å². The number of rotatable bonds is 4. The van der Waals surface area contributed by atoms with Crippen molar-refractivity contribution < 1.29 is 4.52 Å². The lowest BCUT2D eigenvalue weighted by atomic mass is 10.1. The maximum atomic E-state index is 11.7. The molecule has 0 radical (unpaired) electrons. The van der Waals surface area contributed by atoms with Crippen LogP contribution in [0.4, 0.5) is 0 Å². The van der Waals surface area contributed by atoms with Crippen molar-refractivity contribution in [2.24, 2.45) is 0 Å². The summed E-state index contributed by atoms with van der Waals surface area (Å²) in [7, 11) is 0. The van der Waals surface area contributed by atoms with Gasteiger partial charge in [0.1, 0.15) is 18.2 Å². The Kier molecular flexibility index (Phi) is 3.84. The van der Waals surface area contributed by atoms with Gasteiger partial charge in [-0.15, -0.1) is 0 Å². The second kappa shape index (κ2) is 6.11. The molecule has 2 aromatic heterocycles. The Labute approximate surface area is 129 Å². The van der Waals surface area contributed by atoms with E-state index in [1.807, 2.05) is 30.3 Å². The highest BCUT2D eigenvalue weighted by atomic mass is 16.5. The first-order chi connectivity index (χ1) is 11.2. The molecule has 8 nitrogen and oxygen atoms in total. The van der Waals surface area contributed by atoms with E-state index in [0.29, 0.717) is 12.2 Å². The first kappa shape index (κ1) is 14.5. The molecule has 3 aromatic rings. The molecule has 1 aromatic carbocycles. The molecular formula is C15H11N5O3. The Hall–Kier alpha value is -3.47. The molecule has 0 aliphatic heterocycles. The highest BCUT2D eigenvalue weighted by Crippen LogP contribution is 2.07. The lowest BCUT2D eigenvalue weighted by Crippen LogP contribution is -2.31. The van der Waals surface area contributed by atoms with Crippen molar-refractivity contribution in [2.75, 3.05) is 0 Å². The Morgan fingerprint density at radius 1 is 1.26 bits per heavy atom. The number of hydrogen-bond donors (Lipinski definition) is 1. The molecule has 0 aliphatic carbocycles. The number of nitriles is 1. The number of hydrogen-bond acceptors (Lipinski definition) is 6. The topological polar surface area (TPSA) is 118 Å². The van der Waals surface area contributed by atoms with Crippen LogP contribution >= 0.6 is 0 Å². The summed E-state index contributed by atoms with van der Waals surface area (Å²) >= 11 is 0. The molecule has 0 unspecified atom stereocenters. The van der Waals surface area contributed by atoms with Crippen LogP contribution in [0.2, 0.25) is 0 Å². The second-order valence-corrected chi connectivity index (χ2v) is 4.81. The fourth-order valence-corrected chi connectivity index (χ4v) is 2.06. The quantitative estimate of drug-likeness (QED) is 0.746. The first-order valence-corrected chi connectivity index (χ1v) is 6.75. The van der Waals surface area contributed by atoms with E-state index in [1.54, 1.807) is 6.07 Å². The minimum Gasteiger partial charge on any atom is -0.337 e. The summed E-state index contributed by atoms with van der Waals surface area (Å²) in [6.45, 7) is -0.0217. The number of H-pyrrole nitrogens is 1. The summed E-state index contributed by atoms with van der Waals surface area (Å²) in [5, 5.41) is 12.7. The maximum Gasteiger partial charge on any atom is 0.328 e. The van der Waals surface area contributed by atoms with Crippen molar-refractivity contribution in [1.29, 1.82) is 5.26 Å². The van der Waals surface area contributed by atoms with Crippen LogP contribution in [0.15, 0.2) is 50.6 Å². The molecule has 0 bridgehead atoms. The Balaban J connectivity index is 1.81. The van der Waals surface area contributed by atoms with E-state index in [4.69, 9.17) is 9.78 Å². The summed E-state index contributed by atoms with van der Waals surface area (Å²) in [4.78, 5) is 29.3. The average molecular weight is 309 g/mol. The smallest absolute Gasteiger partial charge is 0.328 e. The van der Waals surface area contributed by atoms with Crippen molar-refractivity contribution >= 4 is 0 Å². The molecule has 0 fully saturated rings. The van der Waals surface area contributed by atoms with E-state index in [0.717, 1.165) is 10.1 Å². The third-order valence-electron chi connectivity index (χ3n) is 3.15. The summed E-state index contributed by atoms with van der Waals surface area (Å²) in [6, 6.07) is 11.4. The van der Waals surface area contributed by atoms with Crippen LogP contribution in [0.5, 0.6) is 0 Å². The monoisotopic (exact) mass is 309 g/mol. The minimum atomic E-state index is -0.718. The molecule has 23 heavy (non-hydrogen) atoms. The summed E-state index contributed by atoms with van der Waals surface area (Å²) in [6.07, 6.45) is 1.68. The van der Waals surface area contributed by atoms with E-state index < -0.39 is 11.2 Å². The lowest BCUT2D eigenvalue weighted by Gasteiger charge is -2.00. The molecule has 0 amide bonds. The van der Waals surface area contributed by atoms with Gasteiger partial charge in [-0.05, 0) is 5.56 Å². The minimum absolute atomic E-state index is 0.0217. The van der Waals surface area contributed by atoms with Gasteiger partial charge in [0.15, 0.2) is 5.82 Å². The molecule has 2 heterocycles. The van der Waals surface area contributed by atoms with Gasteiger partial charge >= 0.3 is 5.69 Å². The van der Waals surface area contributed by atoms with Gasteiger partial charge in [-0.2, -0.15) is 10.2 Å². The van der Waals surface area contributed by atoms with Gasteiger partial charge in [0.2, 0.25) is 5.89 Å². The molecular weight excluding hydrogens is 298 g/mol. The SMILES string of the molecule is N#Cc1cn(Cc2nc(Cc3ccccc3)no2)c(=O)[nH]c1=O. The molecule has 0 aliphatic rings. The highest BCUT2D eigenvalue weighted by molar-refractivity contribution is 5.22. The van der Waals surface area contributed by atoms with E-state index in [9.17, 15) is 9.59 Å². The van der Waals surface area contributed by atoms with Crippen LogP contribution in [0.25, 0.3) is 0 Å². The molecule has 3 rings (SSSR count). The lowest BCUT2D eigenvalue weighted by molar-refractivity contribution is 0.364. The largest absolute Gasteiger partial charge is 0.337 e. The first-order valence-electron chi connectivity index (χ1n) is 6.75. The van der Waals surface area contributed by atoms with E-state index in [1.165, 1.54) is 6.20 Å². The third-order valence-corrected chi connectivity index (χ3v) is 3.15. The van der Waals surface area contributed by atoms with E-state index >= 15 is 0 Å². The fraction of sp³-hybridized carbons (Fsp3) is 0.133. The normalized spacial score (nSPS) is 10.4. The summed E-state index contributed by atoms with van der Waals surface area (Å²) in [5.74, 6) is 0.707. The van der Waals surface area contributed by atoms with Crippen molar-refractivity contribution in [3.63, 3.8) is 0 Å². The van der Waals surface area contributed by atoms with Crippen molar-refractivity contribution in [3.05, 3.63) is 80.2 Å². The number of benzene rings is 1. The van der Waals surface area contributed by atoms with Crippen molar-refractivity contribution in [1.82, 2.24) is 19.7 Å². The van der Waals surface area contributed by atoms with Crippen LogP contribution in [0.1, 0.15) is 22.8 Å². The number of nitrogens with one attached hydrogen (secondary N) is 1. The number of aromatic nitrogens is 4. The standard InChI is InChI=1S/C15H11N5O3/c16-7-11-8-20(15(22)18-14(11)21)9-13-17-12(19-23-13)6-10-4-2-1-3-5-10/h1-5,8H,6,9H2,(H,18,21,22). The van der Waals surface area contributed by atoms with Gasteiger partial charge in [0.25, 0.3) is 5.56 Å². The van der Waals surface area contributed by atoms with E-state index in [2.05, 4.69) is 15.1 Å². The molecule has 114 valence electrons. The average Bonchev–Trinajstić information content (AvgIpc) is 2.98. The predicted octanol–water partition coefficient (Wildman–Crippen LogP) is 0.430. The van der Waals surface area contributed by atoms with Gasteiger partial charge in [-0.25, -0.2) is 4.79 Å². The predicted molar refractivity (Wildman–Crippen MR) is 78.7 cm³/mol. The van der Waals surface area contributed by atoms with Gasteiger partial charge in [-0.1, -0.05) is 35.5 Å². The van der Waals surface area contributed by atoms with Gasteiger partial charge in [0.05, 0.1) is 0 Å². The zero-order valence-electron chi connectivity index (χ0n) is 11.9. The molecule has 0 saturated carbocycles. The summed E-state index contributed by atoms with van der Waals surface area (Å²) in [5.41, 5.74) is -0.484. The zero-order chi connectivity index (χ0) is 16.2. The van der Waals surface area contributed by atoms with Gasteiger partial charge in [-0.3, -0.25) is 14.3 Å². The van der Waals surface area contributed by atoms with Crippen molar-refractivity contribution in [2.45, 2.75) is 13.0 Å². The second-order valence-electron chi connectivity index (χ2n) is 4.81. The van der Waals surface area contributed by atoms with Crippen LogP contribution in [0.3, 0.4) is 0 Å². The van der Waals surface area contributed by atoms with Gasteiger partial charge in [0, 0.05) is 12.6 Å². The van der Waals surface area contributed by atoms with Crippen LogP contribution in [-0.2, 0) is 13.0 Å².